The van der Waals surface area contributed by atoms with Crippen LogP contribution in [0.1, 0.15) is 17.3 Å². The highest BCUT2D eigenvalue weighted by molar-refractivity contribution is 6.00. The van der Waals surface area contributed by atoms with E-state index in [1.807, 2.05) is 0 Å². The van der Waals surface area contributed by atoms with Gasteiger partial charge in [0.25, 0.3) is 0 Å². The number of carboxylic acid groups (broad SMARTS) is 1. The maximum absolute atomic E-state index is 11.5. The van der Waals surface area contributed by atoms with Crippen LogP contribution < -0.4 is 10.6 Å². The fourth-order valence-electron chi connectivity index (χ4n) is 1.21. The Kier molecular flexibility index (Phi) is 4.16. The van der Waals surface area contributed by atoms with Crippen molar-refractivity contribution >= 4 is 17.7 Å². The van der Waals surface area contributed by atoms with Gasteiger partial charge in [-0.25, -0.2) is 9.59 Å². The lowest BCUT2D eigenvalue weighted by Crippen LogP contribution is -2.35. The van der Waals surface area contributed by atoms with Gasteiger partial charge in [-0.3, -0.25) is 0 Å². The van der Waals surface area contributed by atoms with Gasteiger partial charge in [0.05, 0.1) is 17.3 Å². The van der Waals surface area contributed by atoms with Crippen LogP contribution in [0.2, 0.25) is 0 Å². The summed E-state index contributed by atoms with van der Waals surface area (Å²) in [7, 11) is 0. The summed E-state index contributed by atoms with van der Waals surface area (Å²) in [6.45, 7) is 1.61. The number of carbonyl (C=O) groups is 2. The zero-order chi connectivity index (χ0) is 13.7. The zero-order valence-corrected chi connectivity index (χ0v) is 9.60. The molecule has 0 bridgehead atoms. The molecule has 0 heterocycles. The highest BCUT2D eigenvalue weighted by Gasteiger charge is 2.13. The van der Waals surface area contributed by atoms with Gasteiger partial charge in [0.15, 0.2) is 0 Å². The SMILES string of the molecule is C#CC(C)NC(=O)Nc1ccc(O)cc1C(=O)O. The van der Waals surface area contributed by atoms with E-state index in [-0.39, 0.29) is 17.0 Å². The summed E-state index contributed by atoms with van der Waals surface area (Å²) in [6, 6.07) is 2.51. The molecule has 0 saturated carbocycles. The molecule has 6 heteroatoms. The molecule has 1 rings (SSSR count). The van der Waals surface area contributed by atoms with Crippen molar-refractivity contribution in [2.24, 2.45) is 0 Å². The maximum Gasteiger partial charge on any atom is 0.337 e. The molecular weight excluding hydrogens is 236 g/mol. The first-order valence-electron chi connectivity index (χ1n) is 5.04. The van der Waals surface area contributed by atoms with E-state index in [0.29, 0.717) is 0 Å². The van der Waals surface area contributed by atoms with Crippen molar-refractivity contribution in [2.45, 2.75) is 13.0 Å². The Morgan fingerprint density at radius 1 is 1.44 bits per heavy atom. The van der Waals surface area contributed by atoms with Gasteiger partial charge in [0, 0.05) is 0 Å². The molecule has 18 heavy (non-hydrogen) atoms. The Bertz CT molecular complexity index is 519. The van der Waals surface area contributed by atoms with Gasteiger partial charge < -0.3 is 20.8 Å². The van der Waals surface area contributed by atoms with E-state index in [1.165, 1.54) is 12.1 Å². The molecule has 2 amide bonds. The van der Waals surface area contributed by atoms with Crippen LogP contribution in [0.25, 0.3) is 0 Å². The second-order valence-corrected chi connectivity index (χ2v) is 3.52. The number of rotatable bonds is 3. The molecule has 0 aromatic heterocycles. The molecule has 0 spiro atoms. The fourth-order valence-corrected chi connectivity index (χ4v) is 1.21. The molecule has 1 aromatic carbocycles. The summed E-state index contributed by atoms with van der Waals surface area (Å²) in [6.07, 6.45) is 5.09. The number of anilines is 1. The van der Waals surface area contributed by atoms with Crippen molar-refractivity contribution in [3.8, 4) is 18.1 Å². The molecule has 1 unspecified atom stereocenters. The van der Waals surface area contributed by atoms with Crippen LogP contribution in [0.15, 0.2) is 18.2 Å². The number of amides is 2. The molecular formula is C12H12N2O4. The molecule has 6 nitrogen and oxygen atoms in total. The van der Waals surface area contributed by atoms with Crippen LogP contribution in [-0.4, -0.2) is 28.3 Å². The number of urea groups is 1. The monoisotopic (exact) mass is 248 g/mol. The number of hydrogen-bond acceptors (Lipinski definition) is 3. The minimum atomic E-state index is -1.26. The maximum atomic E-state index is 11.5. The van der Waals surface area contributed by atoms with E-state index in [1.54, 1.807) is 6.92 Å². The average molecular weight is 248 g/mol. The summed E-state index contributed by atoms with van der Waals surface area (Å²) < 4.78 is 0. The van der Waals surface area contributed by atoms with E-state index < -0.39 is 18.0 Å². The molecule has 4 N–H and O–H groups in total. The minimum absolute atomic E-state index is 0.0713. The van der Waals surface area contributed by atoms with E-state index in [2.05, 4.69) is 16.6 Å². The molecule has 0 fully saturated rings. The van der Waals surface area contributed by atoms with Gasteiger partial charge in [0.1, 0.15) is 5.75 Å². The lowest BCUT2D eigenvalue weighted by atomic mass is 10.1. The van der Waals surface area contributed by atoms with Crippen LogP contribution in [-0.2, 0) is 0 Å². The van der Waals surface area contributed by atoms with Gasteiger partial charge in [-0.1, -0.05) is 5.92 Å². The number of carboxylic acids is 1. The van der Waals surface area contributed by atoms with Crippen molar-refractivity contribution in [3.05, 3.63) is 23.8 Å². The normalized spacial score (nSPS) is 11.1. The van der Waals surface area contributed by atoms with Crippen molar-refractivity contribution in [3.63, 3.8) is 0 Å². The largest absolute Gasteiger partial charge is 0.508 e. The second-order valence-electron chi connectivity index (χ2n) is 3.52. The highest BCUT2D eigenvalue weighted by atomic mass is 16.4. The second kappa shape index (κ2) is 5.59. The Balaban J connectivity index is 2.88. The molecule has 0 saturated heterocycles. The minimum Gasteiger partial charge on any atom is -0.508 e. The van der Waals surface area contributed by atoms with Crippen LogP contribution >= 0.6 is 0 Å². The van der Waals surface area contributed by atoms with Crippen LogP contribution in [0, 0.1) is 12.3 Å². The van der Waals surface area contributed by atoms with Gasteiger partial charge in [-0.2, -0.15) is 0 Å². The van der Waals surface area contributed by atoms with Gasteiger partial charge in [-0.05, 0) is 25.1 Å². The number of carbonyl (C=O) groups excluding carboxylic acids is 1. The third-order valence-corrected chi connectivity index (χ3v) is 2.08. The standard InChI is InChI=1S/C12H12N2O4/c1-3-7(2)13-12(18)14-10-5-4-8(15)6-9(10)11(16)17/h1,4-7,15H,2H3,(H,16,17)(H2,13,14,18). The first-order valence-corrected chi connectivity index (χ1v) is 5.04. The van der Waals surface area contributed by atoms with Crippen molar-refractivity contribution < 1.29 is 19.8 Å². The first-order chi connectivity index (χ1) is 8.43. The number of aromatic carboxylic acids is 1. The number of nitrogens with one attached hydrogen (secondary N) is 2. The quantitative estimate of drug-likeness (QED) is 0.477. The summed E-state index contributed by atoms with van der Waals surface area (Å²) in [5.74, 6) is 0.843. The third-order valence-electron chi connectivity index (χ3n) is 2.08. The van der Waals surface area contributed by atoms with Gasteiger partial charge in [-0.15, -0.1) is 6.42 Å². The zero-order valence-electron chi connectivity index (χ0n) is 9.60. The van der Waals surface area contributed by atoms with Crippen LogP contribution in [0.3, 0.4) is 0 Å². The lowest BCUT2D eigenvalue weighted by molar-refractivity contribution is 0.0697. The smallest absolute Gasteiger partial charge is 0.337 e. The summed E-state index contributed by atoms with van der Waals surface area (Å²) in [5, 5.41) is 22.9. The molecule has 0 aliphatic heterocycles. The molecule has 0 aliphatic carbocycles. The Hall–Kier alpha value is -2.68. The molecule has 1 aromatic rings. The highest BCUT2D eigenvalue weighted by Crippen LogP contribution is 2.21. The van der Waals surface area contributed by atoms with E-state index in [0.717, 1.165) is 6.07 Å². The van der Waals surface area contributed by atoms with Crippen LogP contribution in [0.4, 0.5) is 10.5 Å². The molecule has 0 radical (unpaired) electrons. The molecule has 0 aliphatic rings. The number of phenols is 1. The average Bonchev–Trinajstić information content (AvgIpc) is 2.30. The lowest BCUT2D eigenvalue weighted by Gasteiger charge is -2.11. The first kappa shape index (κ1) is 13.4. The Morgan fingerprint density at radius 3 is 2.67 bits per heavy atom. The summed E-state index contributed by atoms with van der Waals surface area (Å²) in [5.41, 5.74) is -0.138. The van der Waals surface area contributed by atoms with E-state index in [9.17, 15) is 14.7 Å². The number of terminal acetylenes is 1. The predicted molar refractivity (Wildman–Crippen MR) is 65.5 cm³/mol. The van der Waals surface area contributed by atoms with E-state index in [4.69, 9.17) is 11.5 Å². The number of hydrogen-bond donors (Lipinski definition) is 4. The van der Waals surface area contributed by atoms with E-state index >= 15 is 0 Å². The topological polar surface area (TPSA) is 98.7 Å². The van der Waals surface area contributed by atoms with Gasteiger partial charge >= 0.3 is 12.0 Å². The third kappa shape index (κ3) is 3.42. The van der Waals surface area contributed by atoms with Crippen molar-refractivity contribution in [2.75, 3.05) is 5.32 Å². The van der Waals surface area contributed by atoms with Gasteiger partial charge in [0.2, 0.25) is 0 Å². The number of aromatic hydroxyl groups is 1. The Morgan fingerprint density at radius 2 is 2.11 bits per heavy atom. The number of phenolic OH excluding ortho intramolecular Hbond substituents is 1. The predicted octanol–water partition coefficient (Wildman–Crippen LogP) is 1.23. The Labute approximate surface area is 104 Å². The van der Waals surface area contributed by atoms with Crippen LogP contribution in [0.5, 0.6) is 5.75 Å². The van der Waals surface area contributed by atoms with Crippen molar-refractivity contribution in [1.82, 2.24) is 5.32 Å². The number of benzene rings is 1. The molecule has 1 atom stereocenters. The van der Waals surface area contributed by atoms with Crippen molar-refractivity contribution in [1.29, 1.82) is 0 Å². The summed E-state index contributed by atoms with van der Waals surface area (Å²) >= 11 is 0. The fraction of sp³-hybridized carbons (Fsp3) is 0.167. The molecule has 94 valence electrons. The summed E-state index contributed by atoms with van der Waals surface area (Å²) in [4.78, 5) is 22.4.